The van der Waals surface area contributed by atoms with Crippen LogP contribution in [0.5, 0.6) is 6.01 Å². The van der Waals surface area contributed by atoms with E-state index in [4.69, 9.17) is 4.74 Å². The Labute approximate surface area is 139 Å². The number of H-pyrrole nitrogens is 1. The smallest absolute Gasteiger partial charge is 0.316 e. The minimum Gasteiger partial charge on any atom is -0.467 e. The van der Waals surface area contributed by atoms with E-state index >= 15 is 0 Å². The number of ether oxygens (including phenoxy) is 1. The Kier molecular flexibility index (Phi) is 3.92. The largest absolute Gasteiger partial charge is 0.467 e. The van der Waals surface area contributed by atoms with Crippen LogP contribution in [-0.2, 0) is 4.79 Å². The lowest BCUT2D eigenvalue weighted by atomic mass is 9.96. The summed E-state index contributed by atoms with van der Waals surface area (Å²) in [6.07, 6.45) is 3.35. The number of carbonyl (C=O) groups excluding carboxylic acids is 1. The summed E-state index contributed by atoms with van der Waals surface area (Å²) in [6.45, 7) is 5.57. The van der Waals surface area contributed by atoms with Crippen molar-refractivity contribution in [3.63, 3.8) is 0 Å². The van der Waals surface area contributed by atoms with Gasteiger partial charge in [0.05, 0.1) is 24.0 Å². The zero-order valence-electron chi connectivity index (χ0n) is 14.0. The Morgan fingerprint density at radius 3 is 2.75 bits per heavy atom. The molecule has 0 aliphatic carbocycles. The van der Waals surface area contributed by atoms with E-state index in [1.165, 1.54) is 7.11 Å². The molecule has 7 heteroatoms. The number of nitrogens with one attached hydrogen (secondary N) is 2. The third kappa shape index (κ3) is 3.19. The predicted molar refractivity (Wildman–Crippen MR) is 91.8 cm³/mol. The van der Waals surface area contributed by atoms with Crippen LogP contribution in [0.2, 0.25) is 0 Å². The van der Waals surface area contributed by atoms with E-state index in [1.54, 1.807) is 24.5 Å². The number of pyridine rings is 1. The fraction of sp³-hybridized carbons (Fsp3) is 0.294. The summed E-state index contributed by atoms with van der Waals surface area (Å²) in [4.78, 5) is 28.0. The van der Waals surface area contributed by atoms with Gasteiger partial charge in [0, 0.05) is 29.3 Å². The van der Waals surface area contributed by atoms with Crippen LogP contribution in [0, 0.1) is 5.41 Å². The minimum atomic E-state index is -0.477. The van der Waals surface area contributed by atoms with E-state index in [2.05, 4.69) is 25.3 Å². The molecular formula is C17H19N5O2. The van der Waals surface area contributed by atoms with Gasteiger partial charge in [0.25, 0.3) is 0 Å². The van der Waals surface area contributed by atoms with Gasteiger partial charge in [-0.25, -0.2) is 9.97 Å². The molecule has 0 unspecified atom stereocenters. The molecular weight excluding hydrogens is 306 g/mol. The van der Waals surface area contributed by atoms with Crippen molar-refractivity contribution in [2.75, 3.05) is 12.4 Å². The number of hydrogen-bond donors (Lipinski definition) is 2. The number of methoxy groups -OCH3 is 1. The quantitative estimate of drug-likeness (QED) is 0.772. The van der Waals surface area contributed by atoms with Gasteiger partial charge in [-0.1, -0.05) is 20.8 Å². The molecule has 7 nitrogen and oxygen atoms in total. The summed E-state index contributed by atoms with van der Waals surface area (Å²) in [5, 5.41) is 3.75. The van der Waals surface area contributed by atoms with Gasteiger partial charge in [0.15, 0.2) is 0 Å². The monoisotopic (exact) mass is 325 g/mol. The van der Waals surface area contributed by atoms with Gasteiger partial charge in [-0.2, -0.15) is 4.98 Å². The SMILES string of the molecule is COc1nccc(-c2cc3cnc(NC(=O)C(C)(C)C)cc3[nH]2)n1. The first kappa shape index (κ1) is 15.9. The standard InChI is InChI=1S/C17H19N5O2/c1-17(2,3)15(23)22-14-8-12-10(9-19-14)7-13(20-12)11-5-6-18-16(21-11)24-4/h5-9,20H,1-4H3,(H,19,22,23). The number of anilines is 1. The molecule has 3 heterocycles. The van der Waals surface area contributed by atoms with Crippen LogP contribution in [0.1, 0.15) is 20.8 Å². The normalized spacial score (nSPS) is 11.5. The van der Waals surface area contributed by atoms with Crippen LogP contribution in [0.4, 0.5) is 5.82 Å². The van der Waals surface area contributed by atoms with Gasteiger partial charge in [-0.05, 0) is 12.1 Å². The van der Waals surface area contributed by atoms with Gasteiger partial charge < -0.3 is 15.0 Å². The lowest BCUT2D eigenvalue weighted by molar-refractivity contribution is -0.123. The number of amides is 1. The van der Waals surface area contributed by atoms with Crippen LogP contribution in [0.3, 0.4) is 0 Å². The molecule has 0 saturated carbocycles. The Balaban J connectivity index is 1.93. The number of carbonyl (C=O) groups is 1. The number of aromatic nitrogens is 4. The zero-order valence-corrected chi connectivity index (χ0v) is 14.0. The molecule has 124 valence electrons. The van der Waals surface area contributed by atoms with Gasteiger partial charge in [-0.15, -0.1) is 0 Å². The fourth-order valence-corrected chi connectivity index (χ4v) is 2.13. The molecule has 0 bridgehead atoms. The Morgan fingerprint density at radius 2 is 2.04 bits per heavy atom. The second-order valence-electron chi connectivity index (χ2n) is 6.47. The average Bonchev–Trinajstić information content (AvgIpc) is 2.97. The van der Waals surface area contributed by atoms with Crippen molar-refractivity contribution >= 4 is 22.6 Å². The third-order valence-corrected chi connectivity index (χ3v) is 3.52. The Hall–Kier alpha value is -2.96. The van der Waals surface area contributed by atoms with Crippen molar-refractivity contribution in [1.82, 2.24) is 19.9 Å². The van der Waals surface area contributed by atoms with E-state index in [9.17, 15) is 4.79 Å². The second-order valence-corrected chi connectivity index (χ2v) is 6.47. The first-order valence-electron chi connectivity index (χ1n) is 7.54. The van der Waals surface area contributed by atoms with E-state index < -0.39 is 5.41 Å². The first-order chi connectivity index (χ1) is 11.4. The van der Waals surface area contributed by atoms with Crippen molar-refractivity contribution in [1.29, 1.82) is 0 Å². The van der Waals surface area contributed by atoms with E-state index in [0.29, 0.717) is 11.8 Å². The number of fused-ring (bicyclic) bond motifs is 1. The topological polar surface area (TPSA) is 92.8 Å². The number of nitrogens with zero attached hydrogens (tertiary/aromatic N) is 3. The van der Waals surface area contributed by atoms with Crippen LogP contribution < -0.4 is 10.1 Å². The van der Waals surface area contributed by atoms with Crippen LogP contribution in [-0.4, -0.2) is 33.0 Å². The van der Waals surface area contributed by atoms with E-state index in [-0.39, 0.29) is 5.91 Å². The molecule has 0 fully saturated rings. The third-order valence-electron chi connectivity index (χ3n) is 3.52. The molecule has 2 N–H and O–H groups in total. The maximum Gasteiger partial charge on any atom is 0.316 e. The average molecular weight is 325 g/mol. The molecule has 0 aliphatic heterocycles. The first-order valence-corrected chi connectivity index (χ1v) is 7.54. The lowest BCUT2D eigenvalue weighted by Gasteiger charge is -2.16. The van der Waals surface area contributed by atoms with Gasteiger partial charge in [0.2, 0.25) is 5.91 Å². The summed E-state index contributed by atoms with van der Waals surface area (Å²) < 4.78 is 5.05. The van der Waals surface area contributed by atoms with Crippen LogP contribution >= 0.6 is 0 Å². The summed E-state index contributed by atoms with van der Waals surface area (Å²) in [5.41, 5.74) is 1.93. The van der Waals surface area contributed by atoms with Crippen molar-refractivity contribution in [2.45, 2.75) is 20.8 Å². The van der Waals surface area contributed by atoms with Crippen LogP contribution in [0.25, 0.3) is 22.3 Å². The summed E-state index contributed by atoms with van der Waals surface area (Å²) >= 11 is 0. The molecule has 1 amide bonds. The molecule has 3 rings (SSSR count). The molecule has 0 aromatic carbocycles. The number of hydrogen-bond acceptors (Lipinski definition) is 5. The highest BCUT2D eigenvalue weighted by Gasteiger charge is 2.21. The molecule has 3 aromatic rings. The molecule has 24 heavy (non-hydrogen) atoms. The maximum absolute atomic E-state index is 12.1. The Bertz CT molecular complexity index is 895. The molecule has 0 radical (unpaired) electrons. The molecule has 0 atom stereocenters. The molecule has 0 aliphatic rings. The van der Waals surface area contributed by atoms with Gasteiger partial charge in [0.1, 0.15) is 5.82 Å². The summed E-state index contributed by atoms with van der Waals surface area (Å²) in [5.74, 6) is 0.428. The van der Waals surface area contributed by atoms with Crippen molar-refractivity contribution in [2.24, 2.45) is 5.41 Å². The van der Waals surface area contributed by atoms with Crippen LogP contribution in [0.15, 0.2) is 30.6 Å². The molecule has 3 aromatic heterocycles. The highest BCUT2D eigenvalue weighted by Crippen LogP contribution is 2.25. The van der Waals surface area contributed by atoms with Crippen molar-refractivity contribution in [3.05, 3.63) is 30.6 Å². The number of aromatic amines is 1. The molecule has 0 spiro atoms. The highest BCUT2D eigenvalue weighted by molar-refractivity contribution is 5.95. The predicted octanol–water partition coefficient (Wildman–Crippen LogP) is 3.01. The highest BCUT2D eigenvalue weighted by atomic mass is 16.5. The fourth-order valence-electron chi connectivity index (χ4n) is 2.13. The van der Waals surface area contributed by atoms with Gasteiger partial charge >= 0.3 is 6.01 Å². The van der Waals surface area contributed by atoms with E-state index in [0.717, 1.165) is 22.3 Å². The minimum absolute atomic E-state index is 0.0818. The summed E-state index contributed by atoms with van der Waals surface area (Å²) in [6, 6.07) is 5.85. The summed E-state index contributed by atoms with van der Waals surface area (Å²) in [7, 11) is 1.53. The number of rotatable bonds is 3. The van der Waals surface area contributed by atoms with Crippen molar-refractivity contribution < 1.29 is 9.53 Å². The molecule has 0 saturated heterocycles. The van der Waals surface area contributed by atoms with Crippen molar-refractivity contribution in [3.8, 4) is 17.4 Å². The van der Waals surface area contributed by atoms with E-state index in [1.807, 2.05) is 26.8 Å². The Morgan fingerprint density at radius 1 is 1.25 bits per heavy atom. The zero-order chi connectivity index (χ0) is 17.3. The maximum atomic E-state index is 12.1. The lowest BCUT2D eigenvalue weighted by Crippen LogP contribution is -2.27. The van der Waals surface area contributed by atoms with Gasteiger partial charge in [-0.3, -0.25) is 4.79 Å². The second kappa shape index (κ2) is 5.92.